The molecule has 10 heteroatoms. The highest BCUT2D eigenvalue weighted by Gasteiger charge is 2.33. The molecule has 0 fully saturated rings. The van der Waals surface area contributed by atoms with E-state index in [9.17, 15) is 19.0 Å². The summed E-state index contributed by atoms with van der Waals surface area (Å²) >= 11 is 1.51. The Hall–Kier alpha value is -0.600. The molecule has 0 saturated heterocycles. The fraction of sp³-hybridized carbons (Fsp3) is 0.800. The molecule has 0 aromatic heterocycles. The van der Waals surface area contributed by atoms with Gasteiger partial charge in [0.2, 0.25) is 13.3 Å². The van der Waals surface area contributed by atoms with Crippen LogP contribution in [0.5, 0.6) is 0 Å². The number of carboxylic acid groups (broad SMARTS) is 1. The molecular weight excluding hydrogens is 305 g/mol. The van der Waals surface area contributed by atoms with E-state index in [1.54, 1.807) is 0 Å². The predicted octanol–water partition coefficient (Wildman–Crippen LogP) is -0.789. The van der Waals surface area contributed by atoms with Crippen molar-refractivity contribution in [1.29, 1.82) is 0 Å². The monoisotopic (exact) mass is 327 g/mol. The second kappa shape index (κ2) is 8.63. The van der Waals surface area contributed by atoms with E-state index in [-0.39, 0.29) is 0 Å². The largest absolute Gasteiger partial charge is 0.480 e. The normalized spacial score (nSPS) is 18.6. The third-order valence-electron chi connectivity index (χ3n) is 2.66. The lowest BCUT2D eigenvalue weighted by atomic mass is 10.2. The van der Waals surface area contributed by atoms with Crippen LogP contribution in [0.2, 0.25) is 0 Å². The third kappa shape index (κ3) is 6.71. The zero-order valence-corrected chi connectivity index (χ0v) is 13.2. The molecule has 4 atom stereocenters. The summed E-state index contributed by atoms with van der Waals surface area (Å²) in [6.45, 7) is 1.31. The maximum Gasteiger partial charge on any atom is 0.326 e. The van der Waals surface area contributed by atoms with Crippen molar-refractivity contribution in [3.8, 4) is 0 Å². The van der Waals surface area contributed by atoms with Crippen LogP contribution in [0.1, 0.15) is 13.3 Å². The van der Waals surface area contributed by atoms with Crippen molar-refractivity contribution in [3.05, 3.63) is 0 Å². The van der Waals surface area contributed by atoms with E-state index >= 15 is 0 Å². The number of rotatable bonds is 9. The molecule has 0 spiro atoms. The molecule has 1 amide bonds. The number of thioether (sulfide) groups is 1. The Morgan fingerprint density at radius 2 is 1.95 bits per heavy atom. The van der Waals surface area contributed by atoms with E-state index in [4.69, 9.17) is 16.6 Å². The van der Waals surface area contributed by atoms with Gasteiger partial charge in [-0.15, -0.1) is 0 Å². The number of carbonyl (C=O) groups excluding carboxylic acids is 1. The van der Waals surface area contributed by atoms with Crippen molar-refractivity contribution in [2.24, 2.45) is 11.5 Å². The SMILES string of the molecule is CSCC[C@H](N)C(=O)NC(CP(=O)(O)C(C)N)C(=O)O. The van der Waals surface area contributed by atoms with E-state index in [0.29, 0.717) is 12.2 Å². The summed E-state index contributed by atoms with van der Waals surface area (Å²) in [5, 5.41) is 11.2. The average Bonchev–Trinajstić information content (AvgIpc) is 2.34. The average molecular weight is 327 g/mol. The first-order valence-electron chi connectivity index (χ1n) is 5.96. The van der Waals surface area contributed by atoms with Crippen LogP contribution in [0.4, 0.5) is 0 Å². The van der Waals surface area contributed by atoms with Crippen molar-refractivity contribution in [2.45, 2.75) is 31.2 Å². The van der Waals surface area contributed by atoms with Gasteiger partial charge in [-0.05, 0) is 25.4 Å². The molecule has 0 aliphatic carbocycles. The summed E-state index contributed by atoms with van der Waals surface area (Å²) < 4.78 is 11.7. The molecule has 0 aliphatic heterocycles. The summed E-state index contributed by atoms with van der Waals surface area (Å²) in [6.07, 6.45) is 1.62. The molecular formula is C10H22N3O5PS. The van der Waals surface area contributed by atoms with E-state index in [0.717, 1.165) is 0 Å². The molecule has 20 heavy (non-hydrogen) atoms. The standard InChI is InChI=1S/C10H22N3O5PS/c1-6(11)19(17,18)5-8(10(15)16)13-9(14)7(12)3-4-20-2/h6-8H,3-5,11-12H2,1-2H3,(H,13,14)(H,15,16)(H,17,18)/t6?,7-,8?/m0/s1. The zero-order chi connectivity index (χ0) is 15.9. The first kappa shape index (κ1) is 19.4. The molecule has 3 unspecified atom stereocenters. The van der Waals surface area contributed by atoms with Crippen molar-refractivity contribution in [3.63, 3.8) is 0 Å². The molecule has 0 rings (SSSR count). The van der Waals surface area contributed by atoms with Crippen molar-refractivity contribution in [1.82, 2.24) is 5.32 Å². The second-order valence-electron chi connectivity index (χ2n) is 4.47. The van der Waals surface area contributed by atoms with Crippen LogP contribution in [-0.4, -0.2) is 57.9 Å². The van der Waals surface area contributed by atoms with Gasteiger partial charge in [0.1, 0.15) is 6.04 Å². The van der Waals surface area contributed by atoms with Crippen LogP contribution in [-0.2, 0) is 14.2 Å². The van der Waals surface area contributed by atoms with Gasteiger partial charge in [-0.2, -0.15) is 11.8 Å². The minimum atomic E-state index is -3.84. The molecule has 0 heterocycles. The Kier molecular flexibility index (Phi) is 8.38. The second-order valence-corrected chi connectivity index (χ2v) is 8.14. The summed E-state index contributed by atoms with van der Waals surface area (Å²) in [5.74, 6) is -2.46. The quantitative estimate of drug-likeness (QED) is 0.345. The molecule has 7 N–H and O–H groups in total. The fourth-order valence-corrected chi connectivity index (χ4v) is 2.86. The predicted molar refractivity (Wildman–Crippen MR) is 78.9 cm³/mol. The first-order valence-corrected chi connectivity index (χ1v) is 9.27. The van der Waals surface area contributed by atoms with Gasteiger partial charge < -0.3 is 26.8 Å². The van der Waals surface area contributed by atoms with Crippen LogP contribution in [0.25, 0.3) is 0 Å². The number of hydrogen-bond acceptors (Lipinski definition) is 6. The molecule has 8 nitrogen and oxygen atoms in total. The third-order valence-corrected chi connectivity index (χ3v) is 5.47. The topological polar surface area (TPSA) is 156 Å². The van der Waals surface area contributed by atoms with Gasteiger partial charge >= 0.3 is 5.97 Å². The number of nitrogens with two attached hydrogens (primary N) is 2. The van der Waals surface area contributed by atoms with Crippen molar-refractivity contribution < 1.29 is 24.2 Å². The number of nitrogens with one attached hydrogen (secondary N) is 1. The van der Waals surface area contributed by atoms with Gasteiger partial charge in [0.25, 0.3) is 0 Å². The molecule has 0 aliphatic rings. The van der Waals surface area contributed by atoms with Crippen LogP contribution in [0, 0.1) is 0 Å². The minimum Gasteiger partial charge on any atom is -0.480 e. The Labute approximate surface area is 122 Å². The number of aliphatic carboxylic acids is 1. The summed E-state index contributed by atoms with van der Waals surface area (Å²) in [7, 11) is -3.84. The summed E-state index contributed by atoms with van der Waals surface area (Å²) in [6, 6.07) is -2.33. The summed E-state index contributed by atoms with van der Waals surface area (Å²) in [4.78, 5) is 32.3. The lowest BCUT2D eigenvalue weighted by molar-refractivity contribution is -0.141. The molecule has 0 saturated carbocycles. The number of carbonyl (C=O) groups is 2. The minimum absolute atomic E-state index is 0.392. The van der Waals surface area contributed by atoms with Crippen LogP contribution < -0.4 is 16.8 Å². The maximum absolute atomic E-state index is 11.7. The Bertz CT molecular complexity index is 393. The van der Waals surface area contributed by atoms with E-state index < -0.39 is 43.3 Å². The van der Waals surface area contributed by atoms with Gasteiger partial charge in [-0.1, -0.05) is 0 Å². The van der Waals surface area contributed by atoms with Gasteiger partial charge in [0, 0.05) is 0 Å². The Balaban J connectivity index is 4.68. The number of hydrogen-bond donors (Lipinski definition) is 5. The van der Waals surface area contributed by atoms with Crippen LogP contribution in [0.3, 0.4) is 0 Å². The molecule has 118 valence electrons. The zero-order valence-electron chi connectivity index (χ0n) is 11.5. The lowest BCUT2D eigenvalue weighted by Crippen LogP contribution is -2.50. The lowest BCUT2D eigenvalue weighted by Gasteiger charge is -2.22. The van der Waals surface area contributed by atoms with Gasteiger partial charge in [-0.25, -0.2) is 4.79 Å². The molecule has 0 aromatic carbocycles. The molecule has 0 aromatic rings. The highest BCUT2D eigenvalue weighted by atomic mass is 32.2. The molecule has 0 bridgehead atoms. The highest BCUT2D eigenvalue weighted by molar-refractivity contribution is 7.98. The first-order chi connectivity index (χ1) is 9.11. The van der Waals surface area contributed by atoms with Gasteiger partial charge in [-0.3, -0.25) is 9.36 Å². The Morgan fingerprint density at radius 1 is 1.40 bits per heavy atom. The van der Waals surface area contributed by atoms with Crippen LogP contribution in [0.15, 0.2) is 0 Å². The van der Waals surface area contributed by atoms with Crippen molar-refractivity contribution in [2.75, 3.05) is 18.2 Å². The van der Waals surface area contributed by atoms with Gasteiger partial charge in [0.05, 0.1) is 18.0 Å². The van der Waals surface area contributed by atoms with E-state index in [1.165, 1.54) is 18.7 Å². The van der Waals surface area contributed by atoms with Crippen molar-refractivity contribution >= 4 is 31.0 Å². The van der Waals surface area contributed by atoms with Gasteiger partial charge in [0.15, 0.2) is 0 Å². The van der Waals surface area contributed by atoms with E-state index in [2.05, 4.69) is 5.32 Å². The number of carboxylic acids is 1. The maximum atomic E-state index is 11.7. The fourth-order valence-electron chi connectivity index (χ4n) is 1.27. The number of amides is 1. The molecule has 0 radical (unpaired) electrons. The highest BCUT2D eigenvalue weighted by Crippen LogP contribution is 2.44. The smallest absolute Gasteiger partial charge is 0.326 e. The van der Waals surface area contributed by atoms with Crippen LogP contribution >= 0.6 is 19.1 Å². The van der Waals surface area contributed by atoms with E-state index in [1.807, 2.05) is 6.26 Å². The summed E-state index contributed by atoms with van der Waals surface area (Å²) in [5.41, 5.74) is 10.9. The Morgan fingerprint density at radius 3 is 2.35 bits per heavy atom.